The minimum atomic E-state index is -0.295. The quantitative estimate of drug-likeness (QED) is 0.432. The summed E-state index contributed by atoms with van der Waals surface area (Å²) in [5.41, 5.74) is 2.85. The summed E-state index contributed by atoms with van der Waals surface area (Å²) in [5.74, 6) is 1.86. The highest BCUT2D eigenvalue weighted by molar-refractivity contribution is 6.07. The second-order valence-electron chi connectivity index (χ2n) is 9.64. The highest BCUT2D eigenvalue weighted by atomic mass is 19.1. The van der Waals surface area contributed by atoms with Gasteiger partial charge in [-0.15, -0.1) is 10.2 Å². The SMILES string of the molecule is O=C(c1cc(-c2ccc(F)cc2)nc2ccccc12)N1CCN(Cc2nnc3n2CCCCC3)CC1. The molecule has 8 heteroatoms. The molecule has 6 rings (SSSR count). The fraction of sp³-hybridized carbons (Fsp3) is 0.357. The van der Waals surface area contributed by atoms with Crippen LogP contribution in [0.15, 0.2) is 54.6 Å². The first-order valence-electron chi connectivity index (χ1n) is 12.7. The number of piperazine rings is 1. The van der Waals surface area contributed by atoms with Crippen molar-refractivity contribution in [2.45, 2.75) is 38.8 Å². The summed E-state index contributed by atoms with van der Waals surface area (Å²) < 4.78 is 15.8. The van der Waals surface area contributed by atoms with Crippen molar-refractivity contribution in [3.05, 3.63) is 77.6 Å². The average molecular weight is 485 g/mol. The average Bonchev–Trinajstić information content (AvgIpc) is 3.13. The number of halogens is 1. The van der Waals surface area contributed by atoms with Crippen LogP contribution in [0.4, 0.5) is 4.39 Å². The maximum absolute atomic E-state index is 13.7. The van der Waals surface area contributed by atoms with Crippen molar-refractivity contribution in [2.75, 3.05) is 26.2 Å². The zero-order valence-electron chi connectivity index (χ0n) is 20.2. The van der Waals surface area contributed by atoms with E-state index in [0.717, 1.165) is 60.7 Å². The van der Waals surface area contributed by atoms with Gasteiger partial charge in [0.15, 0.2) is 0 Å². The van der Waals surface area contributed by atoms with Gasteiger partial charge >= 0.3 is 0 Å². The number of rotatable bonds is 4. The topological polar surface area (TPSA) is 67.2 Å². The standard InChI is InChI=1S/C28H29FN6O/c29-21-11-9-20(10-12-21)25-18-23(22-6-3-4-7-24(22)30-25)28(36)34-16-14-33(15-17-34)19-27-32-31-26-8-2-1-5-13-35(26)27/h3-4,6-7,9-12,18H,1-2,5,8,13-17,19H2. The normalized spacial score (nSPS) is 16.6. The van der Waals surface area contributed by atoms with Crippen LogP contribution in [0.25, 0.3) is 22.2 Å². The maximum atomic E-state index is 13.7. The number of hydrogen-bond acceptors (Lipinski definition) is 5. The Kier molecular flexibility index (Phi) is 6.19. The molecule has 0 unspecified atom stereocenters. The van der Waals surface area contributed by atoms with Crippen LogP contribution < -0.4 is 0 Å². The number of nitrogens with zero attached hydrogens (tertiary/aromatic N) is 6. The molecule has 4 heterocycles. The number of aromatic nitrogens is 4. The number of para-hydroxylation sites is 1. The number of fused-ring (bicyclic) bond motifs is 2. The molecule has 0 aliphatic carbocycles. The van der Waals surface area contributed by atoms with Crippen molar-refractivity contribution >= 4 is 16.8 Å². The van der Waals surface area contributed by atoms with Crippen molar-refractivity contribution in [1.29, 1.82) is 0 Å². The highest BCUT2D eigenvalue weighted by Gasteiger charge is 2.26. The molecule has 0 N–H and O–H groups in total. The summed E-state index contributed by atoms with van der Waals surface area (Å²) in [6.45, 7) is 4.66. The van der Waals surface area contributed by atoms with Crippen LogP contribution in [-0.4, -0.2) is 61.6 Å². The number of carbonyl (C=O) groups is 1. The van der Waals surface area contributed by atoms with Gasteiger partial charge in [0.1, 0.15) is 17.5 Å². The Balaban J connectivity index is 1.20. The van der Waals surface area contributed by atoms with Crippen LogP contribution in [-0.2, 0) is 19.5 Å². The first-order chi connectivity index (χ1) is 17.7. The van der Waals surface area contributed by atoms with Crippen LogP contribution in [0, 0.1) is 5.82 Å². The second kappa shape index (κ2) is 9.78. The molecule has 0 radical (unpaired) electrons. The number of hydrogen-bond donors (Lipinski definition) is 0. The molecule has 2 aliphatic rings. The molecule has 1 amide bonds. The lowest BCUT2D eigenvalue weighted by molar-refractivity contribution is 0.0625. The van der Waals surface area contributed by atoms with Gasteiger partial charge in [-0.1, -0.05) is 24.6 Å². The Morgan fingerprint density at radius 2 is 1.69 bits per heavy atom. The van der Waals surface area contributed by atoms with E-state index in [9.17, 15) is 9.18 Å². The molecule has 36 heavy (non-hydrogen) atoms. The Hall–Kier alpha value is -3.65. The van der Waals surface area contributed by atoms with Crippen molar-refractivity contribution in [3.63, 3.8) is 0 Å². The first-order valence-corrected chi connectivity index (χ1v) is 12.7. The molecule has 2 aromatic heterocycles. The van der Waals surface area contributed by atoms with Gasteiger partial charge in [-0.2, -0.15) is 0 Å². The Morgan fingerprint density at radius 1 is 0.889 bits per heavy atom. The van der Waals surface area contributed by atoms with E-state index in [-0.39, 0.29) is 11.7 Å². The van der Waals surface area contributed by atoms with E-state index in [2.05, 4.69) is 19.7 Å². The largest absolute Gasteiger partial charge is 0.336 e. The van der Waals surface area contributed by atoms with Gasteiger partial charge < -0.3 is 9.47 Å². The van der Waals surface area contributed by atoms with Gasteiger partial charge in [0.2, 0.25) is 0 Å². The van der Waals surface area contributed by atoms with Gasteiger partial charge in [-0.3, -0.25) is 9.69 Å². The molecule has 0 bridgehead atoms. The molecular formula is C28H29FN6O. The van der Waals surface area contributed by atoms with Crippen molar-refractivity contribution in [3.8, 4) is 11.3 Å². The van der Waals surface area contributed by atoms with Gasteiger partial charge in [0.05, 0.1) is 23.3 Å². The summed E-state index contributed by atoms with van der Waals surface area (Å²) in [6, 6.07) is 15.8. The molecule has 7 nitrogen and oxygen atoms in total. The summed E-state index contributed by atoms with van der Waals surface area (Å²) in [4.78, 5) is 22.7. The molecular weight excluding hydrogens is 455 g/mol. The molecule has 1 fully saturated rings. The van der Waals surface area contributed by atoms with E-state index >= 15 is 0 Å². The molecule has 184 valence electrons. The Morgan fingerprint density at radius 3 is 2.53 bits per heavy atom. The third-order valence-electron chi connectivity index (χ3n) is 7.30. The number of amides is 1. The Bertz CT molecular complexity index is 1390. The van der Waals surface area contributed by atoms with Gasteiger partial charge in [0.25, 0.3) is 5.91 Å². The number of carbonyl (C=O) groups excluding carboxylic acids is 1. The predicted molar refractivity (Wildman–Crippen MR) is 136 cm³/mol. The summed E-state index contributed by atoms with van der Waals surface area (Å²) >= 11 is 0. The third-order valence-corrected chi connectivity index (χ3v) is 7.30. The first kappa shape index (κ1) is 22.8. The summed E-state index contributed by atoms with van der Waals surface area (Å²) in [6.07, 6.45) is 4.62. The van der Waals surface area contributed by atoms with Crippen molar-refractivity contribution in [1.82, 2.24) is 29.5 Å². The predicted octanol–water partition coefficient (Wildman–Crippen LogP) is 4.32. The molecule has 0 spiro atoms. The van der Waals surface area contributed by atoms with E-state index in [4.69, 9.17) is 4.98 Å². The van der Waals surface area contributed by atoms with Crippen LogP contribution in [0.5, 0.6) is 0 Å². The van der Waals surface area contributed by atoms with E-state index in [1.54, 1.807) is 12.1 Å². The molecule has 2 aromatic carbocycles. The fourth-order valence-corrected chi connectivity index (χ4v) is 5.26. The van der Waals surface area contributed by atoms with Gasteiger partial charge in [0, 0.05) is 50.1 Å². The molecule has 0 atom stereocenters. The Labute approximate surface area is 209 Å². The van der Waals surface area contributed by atoms with E-state index in [1.807, 2.05) is 35.2 Å². The lowest BCUT2D eigenvalue weighted by Crippen LogP contribution is -2.48. The van der Waals surface area contributed by atoms with Crippen molar-refractivity contribution < 1.29 is 9.18 Å². The zero-order valence-corrected chi connectivity index (χ0v) is 20.2. The number of aryl methyl sites for hydroxylation is 1. The van der Waals surface area contributed by atoms with E-state index < -0.39 is 0 Å². The highest BCUT2D eigenvalue weighted by Crippen LogP contribution is 2.26. The van der Waals surface area contributed by atoms with Crippen LogP contribution in [0.2, 0.25) is 0 Å². The van der Waals surface area contributed by atoms with Crippen LogP contribution >= 0.6 is 0 Å². The number of pyridine rings is 1. The minimum Gasteiger partial charge on any atom is -0.336 e. The smallest absolute Gasteiger partial charge is 0.254 e. The third kappa shape index (κ3) is 4.48. The minimum absolute atomic E-state index is 0.00737. The molecule has 1 saturated heterocycles. The monoisotopic (exact) mass is 484 g/mol. The molecule has 4 aromatic rings. The van der Waals surface area contributed by atoms with E-state index in [0.29, 0.717) is 24.3 Å². The molecule has 0 saturated carbocycles. The molecule has 2 aliphatic heterocycles. The lowest BCUT2D eigenvalue weighted by atomic mass is 10.0. The van der Waals surface area contributed by atoms with E-state index in [1.165, 1.54) is 31.4 Å². The second-order valence-corrected chi connectivity index (χ2v) is 9.64. The zero-order chi connectivity index (χ0) is 24.5. The summed E-state index contributed by atoms with van der Waals surface area (Å²) in [7, 11) is 0. The maximum Gasteiger partial charge on any atom is 0.254 e. The van der Waals surface area contributed by atoms with Crippen LogP contribution in [0.1, 0.15) is 41.3 Å². The van der Waals surface area contributed by atoms with Crippen LogP contribution in [0.3, 0.4) is 0 Å². The van der Waals surface area contributed by atoms with Gasteiger partial charge in [-0.25, -0.2) is 9.37 Å². The summed E-state index contributed by atoms with van der Waals surface area (Å²) in [5, 5.41) is 9.74. The fourth-order valence-electron chi connectivity index (χ4n) is 5.26. The van der Waals surface area contributed by atoms with Crippen molar-refractivity contribution in [2.24, 2.45) is 0 Å². The lowest BCUT2D eigenvalue weighted by Gasteiger charge is -2.34. The number of benzene rings is 2. The van der Waals surface area contributed by atoms with Gasteiger partial charge in [-0.05, 0) is 49.2 Å².